The minimum absolute atomic E-state index is 0.670. The molecule has 0 aliphatic heterocycles. The molecule has 0 saturated heterocycles. The Hall–Kier alpha value is -1.54. The molecule has 24 heavy (non-hydrogen) atoms. The average molecular weight is 325 g/mol. The van der Waals surface area contributed by atoms with Crippen molar-refractivity contribution in [1.29, 1.82) is 0 Å². The molecule has 0 N–H and O–H groups in total. The number of ether oxygens (including phenoxy) is 1. The molecular weight excluding hydrogens is 294 g/mol. The van der Waals surface area contributed by atoms with Gasteiger partial charge in [-0.25, -0.2) is 0 Å². The van der Waals surface area contributed by atoms with Crippen LogP contribution in [0.5, 0.6) is 0 Å². The molecule has 2 heteroatoms. The van der Waals surface area contributed by atoms with Gasteiger partial charge in [-0.1, -0.05) is 24.8 Å². The number of rotatable bonds is 5. The summed E-state index contributed by atoms with van der Waals surface area (Å²) >= 11 is 0. The maximum atomic E-state index is 5.52. The quantitative estimate of drug-likeness (QED) is 0.575. The van der Waals surface area contributed by atoms with Crippen LogP contribution in [0.1, 0.15) is 43.4 Å². The number of benzene rings is 1. The minimum atomic E-state index is 0.670. The van der Waals surface area contributed by atoms with Gasteiger partial charge in [-0.3, -0.25) is 0 Å². The maximum absolute atomic E-state index is 5.52. The van der Waals surface area contributed by atoms with Gasteiger partial charge in [0.25, 0.3) is 0 Å². The van der Waals surface area contributed by atoms with E-state index in [4.69, 9.17) is 4.74 Å². The standard InChI is InChI=1S/C22H31NO/c1-6-24-16(3)15(2)11-17-7-8-18-13-19-9-10-20(14-21(18)12-17)22(19)23(4)5/h7-8,11-12,19-20,22H,3,6,9-10,13-14H2,1-2,4-5H3/b15-11+/t19-,20+,22?/m0/s1. The highest BCUT2D eigenvalue weighted by molar-refractivity contribution is 5.58. The summed E-state index contributed by atoms with van der Waals surface area (Å²) in [7, 11) is 4.51. The van der Waals surface area contributed by atoms with Crippen molar-refractivity contribution in [1.82, 2.24) is 4.90 Å². The predicted octanol–water partition coefficient (Wildman–Crippen LogP) is 4.70. The van der Waals surface area contributed by atoms with E-state index in [0.29, 0.717) is 6.61 Å². The van der Waals surface area contributed by atoms with E-state index in [1.807, 2.05) is 6.92 Å². The van der Waals surface area contributed by atoms with Crippen LogP contribution in [0.25, 0.3) is 6.08 Å². The van der Waals surface area contributed by atoms with Crippen LogP contribution in [0.4, 0.5) is 0 Å². The predicted molar refractivity (Wildman–Crippen MR) is 102 cm³/mol. The zero-order valence-corrected chi connectivity index (χ0v) is 15.6. The van der Waals surface area contributed by atoms with Crippen molar-refractivity contribution in [2.45, 2.75) is 45.6 Å². The van der Waals surface area contributed by atoms with Crippen LogP contribution < -0.4 is 0 Å². The lowest BCUT2D eigenvalue weighted by atomic mass is 9.91. The molecule has 1 fully saturated rings. The summed E-state index contributed by atoms with van der Waals surface area (Å²) in [6, 6.07) is 7.75. The molecule has 2 bridgehead atoms. The number of allylic oxidation sites excluding steroid dienone is 1. The Morgan fingerprint density at radius 2 is 1.88 bits per heavy atom. The first-order chi connectivity index (χ1) is 11.5. The van der Waals surface area contributed by atoms with Crippen LogP contribution in [-0.2, 0) is 17.6 Å². The third kappa shape index (κ3) is 3.44. The maximum Gasteiger partial charge on any atom is 0.115 e. The van der Waals surface area contributed by atoms with Crippen LogP contribution in [0.2, 0.25) is 0 Å². The van der Waals surface area contributed by atoms with Crippen LogP contribution in [0.3, 0.4) is 0 Å². The normalized spacial score (nSPS) is 26.2. The number of fused-ring (bicyclic) bond motifs is 3. The van der Waals surface area contributed by atoms with E-state index >= 15 is 0 Å². The Kier molecular flexibility index (Phi) is 5.15. The van der Waals surface area contributed by atoms with E-state index in [0.717, 1.165) is 29.2 Å². The largest absolute Gasteiger partial charge is 0.494 e. The molecule has 3 rings (SSSR count). The first-order valence-electron chi connectivity index (χ1n) is 9.28. The number of nitrogens with zero attached hydrogens (tertiary/aromatic N) is 1. The highest BCUT2D eigenvalue weighted by atomic mass is 16.5. The zero-order valence-electron chi connectivity index (χ0n) is 15.6. The second-order valence-electron chi connectivity index (χ2n) is 7.67. The molecule has 1 saturated carbocycles. The summed E-state index contributed by atoms with van der Waals surface area (Å²) in [5, 5.41) is 0. The van der Waals surface area contributed by atoms with Crippen molar-refractivity contribution < 1.29 is 4.74 Å². The highest BCUT2D eigenvalue weighted by Crippen LogP contribution is 2.42. The molecular formula is C22H31NO. The van der Waals surface area contributed by atoms with Gasteiger partial charge in [0, 0.05) is 6.04 Å². The van der Waals surface area contributed by atoms with Gasteiger partial charge in [0.2, 0.25) is 0 Å². The summed E-state index contributed by atoms with van der Waals surface area (Å²) < 4.78 is 5.52. The van der Waals surface area contributed by atoms with E-state index in [9.17, 15) is 0 Å². The number of hydrogen-bond donors (Lipinski definition) is 0. The van der Waals surface area contributed by atoms with Crippen LogP contribution >= 0.6 is 0 Å². The van der Waals surface area contributed by atoms with Gasteiger partial charge in [0.1, 0.15) is 5.76 Å². The van der Waals surface area contributed by atoms with Gasteiger partial charge in [-0.05, 0) is 93.8 Å². The van der Waals surface area contributed by atoms with Crippen molar-refractivity contribution >= 4 is 6.08 Å². The fourth-order valence-electron chi connectivity index (χ4n) is 4.75. The third-order valence-corrected chi connectivity index (χ3v) is 5.81. The molecule has 130 valence electrons. The van der Waals surface area contributed by atoms with Crippen LogP contribution in [0, 0.1) is 11.8 Å². The van der Waals surface area contributed by atoms with E-state index < -0.39 is 0 Å². The molecule has 0 radical (unpaired) electrons. The van der Waals surface area contributed by atoms with Gasteiger partial charge in [-0.15, -0.1) is 0 Å². The summed E-state index contributed by atoms with van der Waals surface area (Å²) in [5.74, 6) is 2.41. The summed E-state index contributed by atoms with van der Waals surface area (Å²) in [5.41, 5.74) is 5.49. The van der Waals surface area contributed by atoms with Crippen molar-refractivity contribution in [2.24, 2.45) is 11.8 Å². The summed E-state index contributed by atoms with van der Waals surface area (Å²) in [6.07, 6.45) is 7.44. The monoisotopic (exact) mass is 325 g/mol. The zero-order chi connectivity index (χ0) is 17.3. The Labute approximate surface area is 147 Å². The number of hydrogen-bond acceptors (Lipinski definition) is 2. The Bertz CT molecular complexity index is 643. The minimum Gasteiger partial charge on any atom is -0.494 e. The second kappa shape index (κ2) is 7.14. The molecule has 0 aromatic heterocycles. The molecule has 0 spiro atoms. The van der Waals surface area contributed by atoms with E-state index in [1.54, 1.807) is 11.1 Å². The lowest BCUT2D eigenvalue weighted by molar-refractivity contribution is 0.194. The van der Waals surface area contributed by atoms with Crippen molar-refractivity contribution in [3.8, 4) is 0 Å². The fourth-order valence-corrected chi connectivity index (χ4v) is 4.75. The van der Waals surface area contributed by atoms with E-state index in [1.165, 1.54) is 31.2 Å². The van der Waals surface area contributed by atoms with Gasteiger partial charge < -0.3 is 9.64 Å². The lowest BCUT2D eigenvalue weighted by Gasteiger charge is -2.29. The molecule has 1 unspecified atom stereocenters. The van der Waals surface area contributed by atoms with E-state index in [-0.39, 0.29) is 0 Å². The van der Waals surface area contributed by atoms with E-state index in [2.05, 4.69) is 56.8 Å². The first-order valence-corrected chi connectivity index (χ1v) is 9.28. The van der Waals surface area contributed by atoms with Crippen LogP contribution in [0.15, 0.2) is 36.1 Å². The molecule has 0 heterocycles. The molecule has 1 aromatic carbocycles. The highest BCUT2D eigenvalue weighted by Gasteiger charge is 2.39. The van der Waals surface area contributed by atoms with Gasteiger partial charge in [0.05, 0.1) is 6.61 Å². The molecule has 0 amide bonds. The third-order valence-electron chi connectivity index (χ3n) is 5.81. The van der Waals surface area contributed by atoms with Gasteiger partial charge in [0.15, 0.2) is 0 Å². The first kappa shape index (κ1) is 17.3. The van der Waals surface area contributed by atoms with Crippen molar-refractivity contribution in [3.63, 3.8) is 0 Å². The van der Waals surface area contributed by atoms with Crippen LogP contribution in [-0.4, -0.2) is 31.6 Å². The summed E-state index contributed by atoms with van der Waals surface area (Å²) in [6.45, 7) is 8.75. The second-order valence-corrected chi connectivity index (χ2v) is 7.67. The molecule has 3 atom stereocenters. The average Bonchev–Trinajstić information content (AvgIpc) is 2.83. The summed E-state index contributed by atoms with van der Waals surface area (Å²) in [4.78, 5) is 2.46. The van der Waals surface area contributed by atoms with Gasteiger partial charge in [-0.2, -0.15) is 0 Å². The molecule has 2 aliphatic carbocycles. The van der Waals surface area contributed by atoms with Crippen molar-refractivity contribution in [2.75, 3.05) is 20.7 Å². The molecule has 2 nitrogen and oxygen atoms in total. The lowest BCUT2D eigenvalue weighted by Crippen LogP contribution is -2.36. The Morgan fingerprint density at radius 1 is 1.21 bits per heavy atom. The smallest absolute Gasteiger partial charge is 0.115 e. The molecule has 2 aliphatic rings. The SMILES string of the molecule is C=C(OCC)/C(C)=C/c1ccc2c(c1)C[C@H]1CC[C@@H](C2)C1N(C)C. The van der Waals surface area contributed by atoms with Gasteiger partial charge >= 0.3 is 0 Å². The topological polar surface area (TPSA) is 12.5 Å². The Balaban J connectivity index is 1.85. The Morgan fingerprint density at radius 3 is 2.50 bits per heavy atom. The fraction of sp³-hybridized carbons (Fsp3) is 0.545. The molecule has 1 aromatic rings. The van der Waals surface area contributed by atoms with Crippen molar-refractivity contribution in [3.05, 3.63) is 52.8 Å².